The molecule has 8 nitrogen and oxygen atoms in total. The van der Waals surface area contributed by atoms with E-state index in [2.05, 4.69) is 16.2 Å². The predicted octanol–water partition coefficient (Wildman–Crippen LogP) is 3.06. The number of nitrogens with zero attached hydrogens (tertiary/aromatic N) is 3. The molecule has 3 aliphatic heterocycles. The molecule has 0 aromatic heterocycles. The van der Waals surface area contributed by atoms with Crippen LogP contribution in [0.3, 0.4) is 0 Å². The summed E-state index contributed by atoms with van der Waals surface area (Å²) in [6, 6.07) is 10.2. The average molecular weight is 451 g/mol. The van der Waals surface area contributed by atoms with E-state index in [1.54, 1.807) is 23.2 Å². The topological polar surface area (TPSA) is 80.0 Å². The third-order valence-corrected chi connectivity index (χ3v) is 6.45. The van der Waals surface area contributed by atoms with Crippen LogP contribution in [0.15, 0.2) is 48.8 Å². The third-order valence-electron chi connectivity index (χ3n) is 6.45. The lowest BCUT2D eigenvalue weighted by Gasteiger charge is -2.34. The lowest BCUT2D eigenvalue weighted by atomic mass is 10.00. The first-order chi connectivity index (χ1) is 15.8. The van der Waals surface area contributed by atoms with E-state index >= 15 is 0 Å². The molecule has 2 fully saturated rings. The molecule has 3 amide bonds. The van der Waals surface area contributed by atoms with Gasteiger partial charge in [0.25, 0.3) is 0 Å². The molecule has 2 aromatic carbocycles. The highest BCUT2D eigenvalue weighted by Crippen LogP contribution is 2.34. The average Bonchev–Trinajstić information content (AvgIpc) is 3.33. The highest BCUT2D eigenvalue weighted by Gasteiger charge is 2.48. The summed E-state index contributed by atoms with van der Waals surface area (Å²) < 4.78 is 13.3. The molecular weight excluding hydrogens is 423 g/mol. The number of hydrogen-bond donors (Lipinski definition) is 3. The number of rotatable bonds is 4. The van der Waals surface area contributed by atoms with Crippen LogP contribution >= 0.6 is 0 Å². The molecule has 3 heterocycles. The van der Waals surface area contributed by atoms with E-state index in [0.29, 0.717) is 0 Å². The Morgan fingerprint density at radius 2 is 1.79 bits per heavy atom. The Hall–Kier alpha value is -3.43. The number of benzene rings is 2. The molecule has 0 aliphatic carbocycles. The molecule has 0 radical (unpaired) electrons. The van der Waals surface area contributed by atoms with Crippen molar-refractivity contribution in [1.82, 2.24) is 25.8 Å². The number of nitrogens with one attached hydrogen (secondary N) is 3. The quantitative estimate of drug-likeness (QED) is 0.667. The van der Waals surface area contributed by atoms with Crippen LogP contribution in [0, 0.1) is 26.6 Å². The maximum atomic E-state index is 13.3. The molecule has 9 heteroatoms. The van der Waals surface area contributed by atoms with E-state index in [0.717, 1.165) is 34.4 Å². The van der Waals surface area contributed by atoms with Crippen molar-refractivity contribution >= 4 is 17.6 Å². The molecule has 3 atom stereocenters. The van der Waals surface area contributed by atoms with Gasteiger partial charge in [-0.05, 0) is 56.0 Å². The van der Waals surface area contributed by atoms with Crippen LogP contribution in [0.4, 0.5) is 14.9 Å². The number of aryl methyl sites for hydroxylation is 3. The minimum absolute atomic E-state index is 0.00179. The Morgan fingerprint density at radius 1 is 1.09 bits per heavy atom. The molecule has 0 bridgehead atoms. The van der Waals surface area contributed by atoms with Gasteiger partial charge in [0, 0.05) is 18.1 Å². The Morgan fingerprint density at radius 3 is 2.48 bits per heavy atom. The Labute approximate surface area is 192 Å². The fourth-order valence-corrected chi connectivity index (χ4v) is 4.94. The van der Waals surface area contributed by atoms with E-state index in [-0.39, 0.29) is 42.5 Å². The molecule has 0 saturated carbocycles. The van der Waals surface area contributed by atoms with Gasteiger partial charge >= 0.3 is 6.03 Å². The number of carbonyl (C=O) groups is 2. The summed E-state index contributed by atoms with van der Waals surface area (Å²) in [5.41, 5.74) is 11.5. The lowest BCUT2D eigenvalue weighted by Crippen LogP contribution is -2.54. The summed E-state index contributed by atoms with van der Waals surface area (Å²) in [7, 11) is 0. The van der Waals surface area contributed by atoms with Crippen LogP contribution in [0.5, 0.6) is 0 Å². The van der Waals surface area contributed by atoms with Crippen LogP contribution in [-0.4, -0.2) is 45.6 Å². The number of hydrogen-bond acceptors (Lipinski definition) is 5. The standard InChI is InChI=1S/C24H27FN6O2/c1-14-10-15(2)22(16(3)11-14)26-21(32)13-31-24(33)29-8-9-30-20(23(29)28-31)12-19(27-30)17-4-6-18(25)7-5-17/h4-11,19-20,23,27-28H,12-13H2,1-3H3,(H,26,32). The van der Waals surface area contributed by atoms with Gasteiger partial charge in [-0.2, -0.15) is 0 Å². The zero-order valence-corrected chi connectivity index (χ0v) is 18.8. The van der Waals surface area contributed by atoms with Crippen molar-refractivity contribution in [2.24, 2.45) is 0 Å². The SMILES string of the molecule is Cc1cc(C)c(NC(=O)CN2NC3C4CC(c5ccc(F)cc5)NN4C=CN3C2=O)c(C)c1. The molecule has 3 N–H and O–H groups in total. The molecule has 2 aromatic rings. The van der Waals surface area contributed by atoms with Gasteiger partial charge in [0.1, 0.15) is 18.5 Å². The molecule has 33 heavy (non-hydrogen) atoms. The van der Waals surface area contributed by atoms with E-state index in [1.807, 2.05) is 44.1 Å². The van der Waals surface area contributed by atoms with Gasteiger partial charge in [-0.15, -0.1) is 0 Å². The van der Waals surface area contributed by atoms with Gasteiger partial charge < -0.3 is 10.3 Å². The maximum Gasteiger partial charge on any atom is 0.340 e. The molecule has 5 rings (SSSR count). The van der Waals surface area contributed by atoms with Crippen molar-refractivity contribution in [2.75, 3.05) is 11.9 Å². The number of carbonyl (C=O) groups excluding carboxylic acids is 2. The first kappa shape index (κ1) is 21.4. The van der Waals surface area contributed by atoms with Crippen molar-refractivity contribution in [3.63, 3.8) is 0 Å². The zero-order valence-electron chi connectivity index (χ0n) is 18.8. The fourth-order valence-electron chi connectivity index (χ4n) is 4.94. The van der Waals surface area contributed by atoms with Gasteiger partial charge in [0.15, 0.2) is 0 Å². The summed E-state index contributed by atoms with van der Waals surface area (Å²) in [5, 5.41) is 6.28. The summed E-state index contributed by atoms with van der Waals surface area (Å²) in [5.74, 6) is -0.533. The third kappa shape index (κ3) is 3.94. The summed E-state index contributed by atoms with van der Waals surface area (Å²) in [4.78, 5) is 27.3. The van der Waals surface area contributed by atoms with Crippen LogP contribution < -0.4 is 16.2 Å². The number of anilines is 1. The normalized spacial score (nSPS) is 23.7. The number of amides is 3. The van der Waals surface area contributed by atoms with Gasteiger partial charge in [-0.25, -0.2) is 25.0 Å². The van der Waals surface area contributed by atoms with E-state index < -0.39 is 0 Å². The molecule has 0 spiro atoms. The van der Waals surface area contributed by atoms with E-state index in [1.165, 1.54) is 17.1 Å². The van der Waals surface area contributed by atoms with Crippen molar-refractivity contribution in [3.8, 4) is 0 Å². The van der Waals surface area contributed by atoms with Crippen LogP contribution in [0.1, 0.15) is 34.7 Å². The first-order valence-electron chi connectivity index (χ1n) is 11.0. The largest absolute Gasteiger partial charge is 0.340 e. The molecular formula is C24H27FN6O2. The predicted molar refractivity (Wildman–Crippen MR) is 122 cm³/mol. The molecule has 172 valence electrons. The summed E-state index contributed by atoms with van der Waals surface area (Å²) in [6.45, 7) is 5.83. The summed E-state index contributed by atoms with van der Waals surface area (Å²) in [6.07, 6.45) is 3.95. The minimum atomic E-state index is -0.309. The summed E-state index contributed by atoms with van der Waals surface area (Å²) >= 11 is 0. The zero-order chi connectivity index (χ0) is 23.3. The van der Waals surface area contributed by atoms with Crippen molar-refractivity contribution < 1.29 is 14.0 Å². The smallest absolute Gasteiger partial charge is 0.324 e. The number of urea groups is 1. The van der Waals surface area contributed by atoms with Crippen LogP contribution in [0.25, 0.3) is 0 Å². The monoisotopic (exact) mass is 450 g/mol. The van der Waals surface area contributed by atoms with Crippen LogP contribution in [-0.2, 0) is 4.79 Å². The van der Waals surface area contributed by atoms with Gasteiger partial charge in [-0.3, -0.25) is 9.69 Å². The number of halogens is 1. The van der Waals surface area contributed by atoms with Gasteiger partial charge in [-0.1, -0.05) is 29.8 Å². The van der Waals surface area contributed by atoms with Gasteiger partial charge in [0.05, 0.1) is 12.1 Å². The van der Waals surface area contributed by atoms with E-state index in [4.69, 9.17) is 0 Å². The lowest BCUT2D eigenvalue weighted by molar-refractivity contribution is -0.117. The second-order valence-corrected chi connectivity index (χ2v) is 8.91. The highest BCUT2D eigenvalue weighted by molar-refractivity contribution is 5.96. The van der Waals surface area contributed by atoms with Crippen molar-refractivity contribution in [1.29, 1.82) is 0 Å². The fraction of sp³-hybridized carbons (Fsp3) is 0.333. The molecule has 2 saturated heterocycles. The van der Waals surface area contributed by atoms with Crippen LogP contribution in [0.2, 0.25) is 0 Å². The number of hydrazine groups is 2. The minimum Gasteiger partial charge on any atom is -0.324 e. The second-order valence-electron chi connectivity index (χ2n) is 8.91. The van der Waals surface area contributed by atoms with Crippen molar-refractivity contribution in [2.45, 2.75) is 45.4 Å². The Bertz CT molecular complexity index is 1110. The number of fused-ring (bicyclic) bond motifs is 3. The Kier molecular flexibility index (Phi) is 5.30. The first-order valence-corrected chi connectivity index (χ1v) is 11.0. The van der Waals surface area contributed by atoms with Crippen molar-refractivity contribution in [3.05, 3.63) is 76.9 Å². The highest BCUT2D eigenvalue weighted by atomic mass is 19.1. The second kappa shape index (κ2) is 8.17. The van der Waals surface area contributed by atoms with E-state index in [9.17, 15) is 14.0 Å². The molecule has 3 aliphatic rings. The van der Waals surface area contributed by atoms with Gasteiger partial charge in [0.2, 0.25) is 5.91 Å². The molecule has 3 unspecified atom stereocenters. The Balaban J connectivity index is 1.26. The maximum absolute atomic E-state index is 13.3.